The maximum absolute atomic E-state index is 5.91. The number of hydrogen-bond donors (Lipinski definition) is 1. The monoisotopic (exact) mass is 237 g/mol. The largest absolute Gasteiger partial charge is 0.472 e. The fourth-order valence-electron chi connectivity index (χ4n) is 3.01. The van der Waals surface area contributed by atoms with E-state index in [0.29, 0.717) is 0 Å². The highest BCUT2D eigenvalue weighted by Crippen LogP contribution is 2.41. The molecule has 1 saturated carbocycles. The molecular weight excluding hydrogens is 214 g/mol. The van der Waals surface area contributed by atoms with Gasteiger partial charge in [0.25, 0.3) is 0 Å². The van der Waals surface area contributed by atoms with E-state index in [-0.39, 0.29) is 11.6 Å². The topological polar surface area (TPSA) is 34.4 Å². The first-order valence-electron chi connectivity index (χ1n) is 6.63. The van der Waals surface area contributed by atoms with Crippen LogP contribution in [-0.4, -0.2) is 19.3 Å². The summed E-state index contributed by atoms with van der Waals surface area (Å²) in [5, 5.41) is 3.56. The van der Waals surface area contributed by atoms with Gasteiger partial charge in [-0.15, -0.1) is 0 Å². The molecule has 1 atom stereocenters. The predicted molar refractivity (Wildman–Crippen MR) is 68.0 cm³/mol. The summed E-state index contributed by atoms with van der Waals surface area (Å²) in [5.41, 5.74) is 1.15. The van der Waals surface area contributed by atoms with Crippen LogP contribution < -0.4 is 5.32 Å². The second kappa shape index (κ2) is 5.69. The molecule has 0 aliphatic heterocycles. The molecule has 0 aromatic carbocycles. The summed E-state index contributed by atoms with van der Waals surface area (Å²) in [6, 6.07) is 2.29. The van der Waals surface area contributed by atoms with Gasteiger partial charge in [0.05, 0.1) is 24.2 Å². The van der Waals surface area contributed by atoms with Crippen LogP contribution in [-0.2, 0) is 4.74 Å². The van der Waals surface area contributed by atoms with E-state index >= 15 is 0 Å². The lowest BCUT2D eigenvalue weighted by molar-refractivity contribution is -0.0685. The van der Waals surface area contributed by atoms with E-state index in [4.69, 9.17) is 9.15 Å². The van der Waals surface area contributed by atoms with Gasteiger partial charge in [-0.25, -0.2) is 0 Å². The lowest BCUT2D eigenvalue weighted by atomic mass is 9.77. The Balaban J connectivity index is 2.23. The molecule has 2 rings (SSSR count). The molecule has 3 heteroatoms. The van der Waals surface area contributed by atoms with Crippen LogP contribution >= 0.6 is 0 Å². The molecule has 1 aromatic heterocycles. The molecule has 1 aliphatic rings. The van der Waals surface area contributed by atoms with Crippen LogP contribution in [0, 0.1) is 0 Å². The van der Waals surface area contributed by atoms with E-state index in [1.807, 2.05) is 19.4 Å². The lowest BCUT2D eigenvalue weighted by Crippen LogP contribution is -2.46. The number of nitrogens with one attached hydrogen (secondary N) is 1. The van der Waals surface area contributed by atoms with E-state index in [2.05, 4.69) is 12.2 Å². The quantitative estimate of drug-likeness (QED) is 0.853. The highest BCUT2D eigenvalue weighted by molar-refractivity contribution is 5.17. The first kappa shape index (κ1) is 12.7. The van der Waals surface area contributed by atoms with Crippen LogP contribution in [0.3, 0.4) is 0 Å². The predicted octanol–water partition coefficient (Wildman–Crippen LogP) is 3.28. The molecule has 17 heavy (non-hydrogen) atoms. The Kier molecular flexibility index (Phi) is 4.24. The van der Waals surface area contributed by atoms with Gasteiger partial charge in [-0.1, -0.05) is 26.2 Å². The Morgan fingerprint density at radius 3 is 2.71 bits per heavy atom. The van der Waals surface area contributed by atoms with Gasteiger partial charge < -0.3 is 14.5 Å². The van der Waals surface area contributed by atoms with Crippen molar-refractivity contribution in [1.29, 1.82) is 0 Å². The van der Waals surface area contributed by atoms with Crippen molar-refractivity contribution in [3.05, 3.63) is 24.2 Å². The van der Waals surface area contributed by atoms with Gasteiger partial charge in [0.15, 0.2) is 0 Å². The second-order valence-electron chi connectivity index (χ2n) is 4.88. The zero-order valence-electron chi connectivity index (χ0n) is 10.9. The Morgan fingerprint density at radius 2 is 2.18 bits per heavy atom. The molecule has 1 heterocycles. The number of likely N-dealkylation sites (N-methyl/N-ethyl adjacent to an activating group) is 1. The molecule has 0 spiro atoms. The van der Waals surface area contributed by atoms with E-state index in [1.165, 1.54) is 24.8 Å². The molecule has 1 unspecified atom stereocenters. The average molecular weight is 237 g/mol. The number of furan rings is 1. The third-order valence-corrected chi connectivity index (χ3v) is 3.92. The van der Waals surface area contributed by atoms with E-state index in [0.717, 1.165) is 19.4 Å². The van der Waals surface area contributed by atoms with Crippen molar-refractivity contribution < 1.29 is 9.15 Å². The summed E-state index contributed by atoms with van der Waals surface area (Å²) in [4.78, 5) is 0. The van der Waals surface area contributed by atoms with Crippen LogP contribution in [0.4, 0.5) is 0 Å². The molecule has 0 radical (unpaired) electrons. The fraction of sp³-hybridized carbons (Fsp3) is 0.714. The van der Waals surface area contributed by atoms with Crippen LogP contribution in [0.2, 0.25) is 0 Å². The number of methoxy groups -OCH3 is 1. The Labute approximate surface area is 104 Å². The Bertz CT molecular complexity index is 315. The van der Waals surface area contributed by atoms with Gasteiger partial charge >= 0.3 is 0 Å². The van der Waals surface area contributed by atoms with Crippen molar-refractivity contribution in [3.63, 3.8) is 0 Å². The van der Waals surface area contributed by atoms with Crippen molar-refractivity contribution >= 4 is 0 Å². The number of ether oxygens (including phenoxy) is 1. The van der Waals surface area contributed by atoms with Gasteiger partial charge in [-0.2, -0.15) is 0 Å². The summed E-state index contributed by atoms with van der Waals surface area (Å²) in [6.07, 6.45) is 9.68. The van der Waals surface area contributed by atoms with E-state index in [1.54, 1.807) is 6.26 Å². The smallest absolute Gasteiger partial charge is 0.0951 e. The molecule has 0 amide bonds. The molecular formula is C14H23NO2. The SMILES string of the molecule is CCNC(c1ccoc1)C1(OC)CCCCC1. The molecule has 1 N–H and O–H groups in total. The summed E-state index contributed by atoms with van der Waals surface area (Å²) in [5.74, 6) is 0. The minimum atomic E-state index is -0.0574. The molecule has 96 valence electrons. The summed E-state index contributed by atoms with van der Waals surface area (Å²) < 4.78 is 11.1. The third kappa shape index (κ3) is 2.55. The summed E-state index contributed by atoms with van der Waals surface area (Å²) >= 11 is 0. The van der Waals surface area contributed by atoms with Crippen molar-refractivity contribution in [2.45, 2.75) is 50.7 Å². The maximum atomic E-state index is 5.91. The molecule has 1 aliphatic carbocycles. The lowest BCUT2D eigenvalue weighted by Gasteiger charge is -2.42. The molecule has 0 bridgehead atoms. The van der Waals surface area contributed by atoms with Crippen molar-refractivity contribution in [2.24, 2.45) is 0 Å². The van der Waals surface area contributed by atoms with Gasteiger partial charge in [0, 0.05) is 12.7 Å². The van der Waals surface area contributed by atoms with Gasteiger partial charge in [0.1, 0.15) is 0 Å². The van der Waals surface area contributed by atoms with Gasteiger partial charge in [-0.3, -0.25) is 0 Å². The minimum absolute atomic E-state index is 0.0574. The van der Waals surface area contributed by atoms with Gasteiger partial charge in [-0.05, 0) is 25.5 Å². The molecule has 0 saturated heterocycles. The van der Waals surface area contributed by atoms with E-state index < -0.39 is 0 Å². The average Bonchev–Trinajstić information content (AvgIpc) is 2.90. The zero-order valence-corrected chi connectivity index (χ0v) is 10.9. The minimum Gasteiger partial charge on any atom is -0.472 e. The van der Waals surface area contributed by atoms with Gasteiger partial charge in [0.2, 0.25) is 0 Å². The number of rotatable bonds is 5. The van der Waals surface area contributed by atoms with Crippen LogP contribution in [0.1, 0.15) is 50.6 Å². The molecule has 1 aromatic rings. The Hall–Kier alpha value is -0.800. The highest BCUT2D eigenvalue weighted by atomic mass is 16.5. The second-order valence-corrected chi connectivity index (χ2v) is 4.88. The highest BCUT2D eigenvalue weighted by Gasteiger charge is 2.40. The van der Waals surface area contributed by atoms with Crippen molar-refractivity contribution in [1.82, 2.24) is 5.32 Å². The van der Waals surface area contributed by atoms with E-state index in [9.17, 15) is 0 Å². The zero-order chi connectivity index (χ0) is 12.1. The normalized spacial score (nSPS) is 21.3. The van der Waals surface area contributed by atoms with Crippen LogP contribution in [0.25, 0.3) is 0 Å². The third-order valence-electron chi connectivity index (χ3n) is 3.92. The number of hydrogen-bond acceptors (Lipinski definition) is 3. The first-order chi connectivity index (χ1) is 8.32. The standard InChI is InChI=1S/C14H23NO2/c1-3-15-13(12-7-10-17-11-12)14(16-2)8-5-4-6-9-14/h7,10-11,13,15H,3-6,8-9H2,1-2H3. The fourth-order valence-corrected chi connectivity index (χ4v) is 3.01. The summed E-state index contributed by atoms with van der Waals surface area (Å²) in [7, 11) is 1.84. The first-order valence-corrected chi connectivity index (χ1v) is 6.63. The van der Waals surface area contributed by atoms with Crippen molar-refractivity contribution in [3.8, 4) is 0 Å². The Morgan fingerprint density at radius 1 is 1.41 bits per heavy atom. The molecule has 3 nitrogen and oxygen atoms in total. The van der Waals surface area contributed by atoms with Crippen LogP contribution in [0.5, 0.6) is 0 Å². The van der Waals surface area contributed by atoms with Crippen molar-refractivity contribution in [2.75, 3.05) is 13.7 Å². The maximum Gasteiger partial charge on any atom is 0.0951 e. The van der Waals surface area contributed by atoms with Crippen LogP contribution in [0.15, 0.2) is 23.0 Å². The molecule has 1 fully saturated rings. The summed E-state index contributed by atoms with van der Waals surface area (Å²) in [6.45, 7) is 3.08.